The van der Waals surface area contributed by atoms with Crippen molar-refractivity contribution in [1.29, 1.82) is 0 Å². The molecule has 0 aromatic heterocycles. The van der Waals surface area contributed by atoms with Crippen LogP contribution in [0.3, 0.4) is 0 Å². The van der Waals surface area contributed by atoms with E-state index in [0.29, 0.717) is 12.5 Å². The van der Waals surface area contributed by atoms with Crippen molar-refractivity contribution in [3.63, 3.8) is 0 Å². The smallest absolute Gasteiger partial charge is 0.407 e. The number of likely N-dealkylation sites (tertiary alicyclic amines) is 1. The third-order valence-electron chi connectivity index (χ3n) is 8.45. The number of carbonyl (C=O) groups excluding carboxylic acids is 2. The minimum absolute atomic E-state index is 0.00176. The Morgan fingerprint density at radius 1 is 0.929 bits per heavy atom. The molecule has 2 N–H and O–H groups in total. The molecule has 42 heavy (non-hydrogen) atoms. The average molecular weight is 570 g/mol. The summed E-state index contributed by atoms with van der Waals surface area (Å²) in [6.45, 7) is 3.53. The number of hydrogen-bond acceptors (Lipinski definition) is 5. The van der Waals surface area contributed by atoms with Crippen LogP contribution >= 0.6 is 0 Å². The monoisotopic (exact) mass is 569 g/mol. The molecule has 1 saturated heterocycles. The summed E-state index contributed by atoms with van der Waals surface area (Å²) in [7, 11) is 1.73. The van der Waals surface area contributed by atoms with Gasteiger partial charge in [0.15, 0.2) is 0 Å². The second-order valence-corrected chi connectivity index (χ2v) is 11.4. The molecule has 0 bridgehead atoms. The zero-order chi connectivity index (χ0) is 29.5. The number of benzene rings is 3. The minimum Gasteiger partial charge on any atom is -0.481 e. The zero-order valence-corrected chi connectivity index (χ0v) is 24.1. The molecule has 5 rings (SSSR count). The fraction of sp³-hybridized carbons (Fsp3) is 0.382. The van der Waals surface area contributed by atoms with Gasteiger partial charge in [-0.3, -0.25) is 14.5 Å². The zero-order valence-electron chi connectivity index (χ0n) is 24.1. The Balaban J connectivity index is 1.15. The van der Waals surface area contributed by atoms with Gasteiger partial charge in [-0.1, -0.05) is 78.9 Å². The van der Waals surface area contributed by atoms with Crippen LogP contribution in [0.15, 0.2) is 78.9 Å². The van der Waals surface area contributed by atoms with Gasteiger partial charge in [0.05, 0.1) is 0 Å². The van der Waals surface area contributed by atoms with Gasteiger partial charge in [-0.25, -0.2) is 4.79 Å². The van der Waals surface area contributed by atoms with Crippen molar-refractivity contribution >= 4 is 18.0 Å². The first-order chi connectivity index (χ1) is 20.4. The molecule has 2 aliphatic rings. The summed E-state index contributed by atoms with van der Waals surface area (Å²) in [5.41, 5.74) is 5.75. The van der Waals surface area contributed by atoms with Crippen LogP contribution in [0.1, 0.15) is 48.3 Å². The molecule has 1 aliphatic heterocycles. The summed E-state index contributed by atoms with van der Waals surface area (Å²) in [4.78, 5) is 41.7. The normalized spacial score (nSPS) is 15.8. The van der Waals surface area contributed by atoms with Gasteiger partial charge in [0.2, 0.25) is 5.91 Å². The Bertz CT molecular complexity index is 1340. The quantitative estimate of drug-likeness (QED) is 0.332. The van der Waals surface area contributed by atoms with Gasteiger partial charge in [0, 0.05) is 32.5 Å². The number of rotatable bonds is 11. The lowest BCUT2D eigenvalue weighted by Gasteiger charge is -2.34. The number of amides is 2. The van der Waals surface area contributed by atoms with E-state index < -0.39 is 18.1 Å². The van der Waals surface area contributed by atoms with E-state index in [1.807, 2.05) is 42.5 Å². The third-order valence-corrected chi connectivity index (χ3v) is 8.45. The van der Waals surface area contributed by atoms with Crippen molar-refractivity contribution in [2.45, 2.75) is 44.2 Å². The summed E-state index contributed by atoms with van der Waals surface area (Å²) >= 11 is 0. The Kier molecular flexibility index (Phi) is 9.54. The largest absolute Gasteiger partial charge is 0.481 e. The van der Waals surface area contributed by atoms with Gasteiger partial charge in [-0.2, -0.15) is 0 Å². The van der Waals surface area contributed by atoms with Crippen molar-refractivity contribution in [1.82, 2.24) is 15.1 Å². The number of ether oxygens (including phenoxy) is 1. The molecule has 1 unspecified atom stereocenters. The van der Waals surface area contributed by atoms with Crippen LogP contribution in [0.25, 0.3) is 11.1 Å². The highest BCUT2D eigenvalue weighted by atomic mass is 16.5. The van der Waals surface area contributed by atoms with E-state index in [9.17, 15) is 19.5 Å². The minimum atomic E-state index is -1.02. The van der Waals surface area contributed by atoms with E-state index in [1.165, 1.54) is 5.56 Å². The lowest BCUT2D eigenvalue weighted by molar-refractivity contribution is -0.138. The van der Waals surface area contributed by atoms with Crippen LogP contribution in [0.4, 0.5) is 4.79 Å². The van der Waals surface area contributed by atoms with E-state index in [-0.39, 0.29) is 31.3 Å². The molecule has 1 atom stereocenters. The average Bonchev–Trinajstić information content (AvgIpc) is 3.33. The molecule has 0 radical (unpaired) electrons. The van der Waals surface area contributed by atoms with Crippen LogP contribution < -0.4 is 5.32 Å². The number of alkyl carbamates (subject to hydrolysis) is 1. The molecular weight excluding hydrogens is 530 g/mol. The Morgan fingerprint density at radius 3 is 2.14 bits per heavy atom. The standard InChI is InChI=1S/C34H39N3O5/c1-36(21-25-17-19-37(20-18-25)22-24-9-3-2-4-10-24)33(40)31(15-16-32(38)39)35-34(41)42-23-30-28-13-7-5-11-26(28)27-12-6-8-14-29(27)30/h2-14,25,30-31H,15-23H2,1H3,(H,35,41)(H,38,39). The van der Waals surface area contributed by atoms with Gasteiger partial charge in [0.25, 0.3) is 0 Å². The maximum Gasteiger partial charge on any atom is 0.407 e. The maximum absolute atomic E-state index is 13.4. The van der Waals surface area contributed by atoms with Gasteiger partial charge in [0.1, 0.15) is 12.6 Å². The Hall–Kier alpha value is -4.17. The van der Waals surface area contributed by atoms with Crippen molar-refractivity contribution in [2.75, 3.05) is 33.3 Å². The molecule has 0 saturated carbocycles. The lowest BCUT2D eigenvalue weighted by Crippen LogP contribution is -2.49. The van der Waals surface area contributed by atoms with Gasteiger partial charge in [-0.05, 0) is 66.1 Å². The van der Waals surface area contributed by atoms with Crippen LogP contribution in [0.5, 0.6) is 0 Å². The summed E-state index contributed by atoms with van der Waals surface area (Å²) in [6.07, 6.45) is 1.00. The topological polar surface area (TPSA) is 99.2 Å². The van der Waals surface area contributed by atoms with Crippen LogP contribution in [0, 0.1) is 5.92 Å². The molecule has 0 spiro atoms. The van der Waals surface area contributed by atoms with E-state index in [4.69, 9.17) is 4.74 Å². The second-order valence-electron chi connectivity index (χ2n) is 11.4. The summed E-state index contributed by atoms with van der Waals surface area (Å²) in [5.74, 6) is -1.07. The number of carboxylic acids is 1. The number of hydrogen-bond donors (Lipinski definition) is 2. The molecule has 1 aliphatic carbocycles. The first kappa shape index (κ1) is 29.3. The summed E-state index contributed by atoms with van der Waals surface area (Å²) in [5, 5.41) is 11.9. The number of nitrogens with zero attached hydrogens (tertiary/aromatic N) is 2. The lowest BCUT2D eigenvalue weighted by atomic mass is 9.95. The molecule has 1 fully saturated rings. The van der Waals surface area contributed by atoms with Crippen molar-refractivity contribution in [2.24, 2.45) is 5.92 Å². The number of nitrogens with one attached hydrogen (secondary N) is 1. The Morgan fingerprint density at radius 2 is 1.52 bits per heavy atom. The highest BCUT2D eigenvalue weighted by Gasteiger charge is 2.31. The van der Waals surface area contributed by atoms with Crippen molar-refractivity contribution < 1.29 is 24.2 Å². The van der Waals surface area contributed by atoms with E-state index in [0.717, 1.165) is 54.7 Å². The number of likely N-dealkylation sites (N-methyl/N-ethyl adjacent to an activating group) is 1. The number of carboxylic acid groups (broad SMARTS) is 1. The van der Waals surface area contributed by atoms with Crippen LogP contribution in [-0.4, -0.2) is 72.2 Å². The van der Waals surface area contributed by atoms with Gasteiger partial charge >= 0.3 is 12.1 Å². The van der Waals surface area contributed by atoms with E-state index >= 15 is 0 Å². The van der Waals surface area contributed by atoms with Gasteiger partial charge < -0.3 is 20.1 Å². The van der Waals surface area contributed by atoms with E-state index in [2.05, 4.69) is 46.6 Å². The number of aliphatic carboxylic acids is 1. The molecule has 8 nitrogen and oxygen atoms in total. The first-order valence-electron chi connectivity index (χ1n) is 14.7. The predicted molar refractivity (Wildman–Crippen MR) is 161 cm³/mol. The molecule has 1 heterocycles. The fourth-order valence-electron chi connectivity index (χ4n) is 6.22. The molecular formula is C34H39N3O5. The van der Waals surface area contributed by atoms with Crippen molar-refractivity contribution in [3.05, 3.63) is 95.6 Å². The number of piperidine rings is 1. The first-order valence-corrected chi connectivity index (χ1v) is 14.7. The fourth-order valence-corrected chi connectivity index (χ4v) is 6.22. The molecule has 8 heteroatoms. The highest BCUT2D eigenvalue weighted by Crippen LogP contribution is 2.44. The number of carbonyl (C=O) groups is 3. The molecule has 220 valence electrons. The maximum atomic E-state index is 13.4. The van der Waals surface area contributed by atoms with E-state index in [1.54, 1.807) is 11.9 Å². The number of fused-ring (bicyclic) bond motifs is 3. The van der Waals surface area contributed by atoms with Crippen LogP contribution in [0.2, 0.25) is 0 Å². The molecule has 3 aromatic rings. The predicted octanol–water partition coefficient (Wildman–Crippen LogP) is 5.13. The third kappa shape index (κ3) is 7.18. The second kappa shape index (κ2) is 13.7. The highest BCUT2D eigenvalue weighted by molar-refractivity contribution is 5.86. The van der Waals surface area contributed by atoms with Gasteiger partial charge in [-0.15, -0.1) is 0 Å². The SMILES string of the molecule is CN(CC1CCN(Cc2ccccc2)CC1)C(=O)C(CCC(=O)O)NC(=O)OCC1c2ccccc2-c2ccccc21. The van der Waals surface area contributed by atoms with Crippen molar-refractivity contribution in [3.8, 4) is 11.1 Å². The van der Waals surface area contributed by atoms with Crippen LogP contribution in [-0.2, 0) is 20.9 Å². The molecule has 3 aromatic carbocycles. The summed E-state index contributed by atoms with van der Waals surface area (Å²) in [6, 6.07) is 25.6. The molecule has 2 amide bonds. The summed E-state index contributed by atoms with van der Waals surface area (Å²) < 4.78 is 5.64. The Labute approximate surface area is 247 Å².